The Hall–Kier alpha value is -2.45. The molecule has 32 heavy (non-hydrogen) atoms. The van der Waals surface area contributed by atoms with Crippen LogP contribution in [0.25, 0.3) is 0 Å². The number of likely N-dealkylation sites (tertiary alicyclic amines) is 1. The van der Waals surface area contributed by atoms with Crippen LogP contribution < -0.4 is 10.6 Å². The van der Waals surface area contributed by atoms with Crippen LogP contribution >= 0.6 is 0 Å². The lowest BCUT2D eigenvalue weighted by molar-refractivity contribution is 0.113. The van der Waals surface area contributed by atoms with Crippen LogP contribution in [0.5, 0.6) is 0 Å². The normalized spacial score (nSPS) is 20.6. The average molecular weight is 440 g/mol. The number of ether oxygens (including phenoxy) is 1. The van der Waals surface area contributed by atoms with Gasteiger partial charge in [-0.1, -0.05) is 29.8 Å². The third-order valence-corrected chi connectivity index (χ3v) is 6.50. The fourth-order valence-electron chi connectivity index (χ4n) is 4.40. The van der Waals surface area contributed by atoms with Crippen molar-refractivity contribution in [1.82, 2.24) is 30.3 Å². The van der Waals surface area contributed by atoms with E-state index in [1.165, 1.54) is 11.1 Å². The smallest absolute Gasteiger partial charge is 0.192 e. The summed E-state index contributed by atoms with van der Waals surface area (Å²) in [5, 5.41) is 15.6. The van der Waals surface area contributed by atoms with Crippen molar-refractivity contribution in [3.63, 3.8) is 0 Å². The number of nitrogens with one attached hydrogen (secondary N) is 2. The summed E-state index contributed by atoms with van der Waals surface area (Å²) in [5.41, 5.74) is 2.73. The molecule has 0 amide bonds. The van der Waals surface area contributed by atoms with Gasteiger partial charge in [-0.15, -0.1) is 10.2 Å². The molecule has 1 aromatic heterocycles. The first-order valence-electron chi connectivity index (χ1n) is 11.9. The Kier molecular flexibility index (Phi) is 7.76. The summed E-state index contributed by atoms with van der Waals surface area (Å²) < 4.78 is 7.77. The number of piperidine rings is 1. The average Bonchev–Trinajstić information content (AvgIpc) is 3.42. The van der Waals surface area contributed by atoms with Crippen LogP contribution in [0.3, 0.4) is 0 Å². The second kappa shape index (κ2) is 10.9. The fourth-order valence-corrected chi connectivity index (χ4v) is 4.40. The molecule has 2 aliphatic heterocycles. The molecule has 2 saturated heterocycles. The molecule has 0 spiro atoms. The van der Waals surface area contributed by atoms with Gasteiger partial charge in [-0.3, -0.25) is 4.90 Å². The molecule has 3 heterocycles. The predicted molar refractivity (Wildman–Crippen MR) is 126 cm³/mol. The molecule has 1 unspecified atom stereocenters. The Morgan fingerprint density at radius 2 is 2.03 bits per heavy atom. The molecule has 2 N–H and O–H groups in total. The topological polar surface area (TPSA) is 79.6 Å². The summed E-state index contributed by atoms with van der Waals surface area (Å²) in [4.78, 5) is 7.37. The van der Waals surface area contributed by atoms with Crippen molar-refractivity contribution in [2.75, 3.05) is 26.2 Å². The summed E-state index contributed by atoms with van der Waals surface area (Å²) in [5.74, 6) is 2.62. The van der Waals surface area contributed by atoms with Gasteiger partial charge in [0.2, 0.25) is 0 Å². The van der Waals surface area contributed by atoms with Crippen LogP contribution in [0, 0.1) is 13.8 Å². The van der Waals surface area contributed by atoms with Crippen LogP contribution in [-0.2, 0) is 24.9 Å². The third kappa shape index (κ3) is 6.29. The summed E-state index contributed by atoms with van der Waals surface area (Å²) in [7, 11) is 1.98. The van der Waals surface area contributed by atoms with Crippen LogP contribution in [0.1, 0.15) is 48.5 Å². The number of aryl methyl sites for hydroxylation is 2. The third-order valence-electron chi connectivity index (χ3n) is 6.50. The summed E-state index contributed by atoms with van der Waals surface area (Å²) >= 11 is 0. The van der Waals surface area contributed by atoms with Crippen LogP contribution in [-0.4, -0.2) is 64.0 Å². The van der Waals surface area contributed by atoms with Crippen molar-refractivity contribution in [3.05, 3.63) is 47.0 Å². The van der Waals surface area contributed by atoms with Crippen molar-refractivity contribution >= 4 is 5.96 Å². The molecule has 0 radical (unpaired) electrons. The van der Waals surface area contributed by atoms with E-state index in [1.54, 1.807) is 0 Å². The SMILES string of the molecule is Cc1cccc(CN2CCC(NC(=NCc3nnc(C)n3C)NCC3CCCO3)CC2)c1. The quantitative estimate of drug-likeness (QED) is 0.509. The molecule has 0 aliphatic carbocycles. The first kappa shape index (κ1) is 22.7. The zero-order chi connectivity index (χ0) is 22.3. The Morgan fingerprint density at radius 3 is 2.72 bits per heavy atom. The van der Waals surface area contributed by atoms with Crippen LogP contribution in [0.15, 0.2) is 29.3 Å². The molecular weight excluding hydrogens is 402 g/mol. The Balaban J connectivity index is 1.31. The van der Waals surface area contributed by atoms with Crippen molar-refractivity contribution < 1.29 is 4.74 Å². The lowest BCUT2D eigenvalue weighted by Gasteiger charge is -2.33. The van der Waals surface area contributed by atoms with E-state index in [9.17, 15) is 0 Å². The summed E-state index contributed by atoms with van der Waals surface area (Å²) in [6.45, 7) is 9.48. The van der Waals surface area contributed by atoms with Crippen molar-refractivity contribution in [2.45, 2.75) is 64.8 Å². The lowest BCUT2D eigenvalue weighted by atomic mass is 10.0. The van der Waals surface area contributed by atoms with Gasteiger partial charge in [-0.25, -0.2) is 4.99 Å². The Labute approximate surface area is 191 Å². The number of benzene rings is 1. The first-order chi connectivity index (χ1) is 15.6. The van der Waals surface area contributed by atoms with E-state index in [1.807, 2.05) is 18.5 Å². The molecule has 0 saturated carbocycles. The highest BCUT2D eigenvalue weighted by Crippen LogP contribution is 2.15. The minimum absolute atomic E-state index is 0.273. The molecular formula is C24H37N7O. The van der Waals surface area contributed by atoms with Crippen LogP contribution in [0.4, 0.5) is 0 Å². The van der Waals surface area contributed by atoms with Gasteiger partial charge >= 0.3 is 0 Å². The molecule has 8 heteroatoms. The Morgan fingerprint density at radius 1 is 1.19 bits per heavy atom. The molecule has 0 bridgehead atoms. The molecule has 2 aromatic rings. The molecule has 174 valence electrons. The van der Waals surface area contributed by atoms with Gasteiger partial charge in [0.15, 0.2) is 11.8 Å². The van der Waals surface area contributed by atoms with Crippen molar-refractivity contribution in [3.8, 4) is 0 Å². The number of aromatic nitrogens is 3. The Bertz CT molecular complexity index is 896. The van der Waals surface area contributed by atoms with Crippen LogP contribution in [0.2, 0.25) is 0 Å². The van der Waals surface area contributed by atoms with Gasteiger partial charge in [0.1, 0.15) is 12.4 Å². The molecule has 8 nitrogen and oxygen atoms in total. The van der Waals surface area contributed by atoms with E-state index < -0.39 is 0 Å². The number of hydrogen-bond acceptors (Lipinski definition) is 5. The molecule has 2 aliphatic rings. The molecule has 4 rings (SSSR count). The number of rotatable bonds is 7. The van der Waals surface area contributed by atoms with Crippen molar-refractivity contribution in [2.24, 2.45) is 12.0 Å². The maximum Gasteiger partial charge on any atom is 0.192 e. The van der Waals surface area contributed by atoms with Gasteiger partial charge in [0.05, 0.1) is 6.10 Å². The minimum atomic E-state index is 0.273. The van der Waals surface area contributed by atoms with Gasteiger partial charge in [-0.2, -0.15) is 0 Å². The zero-order valence-electron chi connectivity index (χ0n) is 19.7. The largest absolute Gasteiger partial charge is 0.376 e. The summed E-state index contributed by atoms with van der Waals surface area (Å²) in [6.07, 6.45) is 4.74. The molecule has 1 aromatic carbocycles. The second-order valence-corrected chi connectivity index (χ2v) is 9.09. The maximum absolute atomic E-state index is 5.78. The predicted octanol–water partition coefficient (Wildman–Crippen LogP) is 2.31. The highest BCUT2D eigenvalue weighted by Gasteiger charge is 2.21. The monoisotopic (exact) mass is 439 g/mol. The second-order valence-electron chi connectivity index (χ2n) is 9.09. The first-order valence-corrected chi connectivity index (χ1v) is 11.9. The zero-order valence-corrected chi connectivity index (χ0v) is 19.7. The van der Waals surface area contributed by atoms with Gasteiger partial charge in [0.25, 0.3) is 0 Å². The standard InChI is InChI=1S/C24H37N7O/c1-18-6-4-7-20(14-18)17-31-11-9-21(10-12-31)27-24(25-15-22-8-5-13-32-22)26-16-23-29-28-19(2)30(23)3/h4,6-7,14,21-22H,5,8-13,15-17H2,1-3H3,(H2,25,26,27). The van der Waals surface area contributed by atoms with E-state index >= 15 is 0 Å². The number of hydrogen-bond donors (Lipinski definition) is 2. The number of nitrogens with zero attached hydrogens (tertiary/aromatic N) is 5. The number of aliphatic imine (C=N–C) groups is 1. The highest BCUT2D eigenvalue weighted by atomic mass is 16.5. The fraction of sp³-hybridized carbons (Fsp3) is 0.625. The van der Waals surface area contributed by atoms with Gasteiger partial charge < -0.3 is 19.9 Å². The van der Waals surface area contributed by atoms with E-state index in [0.717, 1.165) is 76.1 Å². The van der Waals surface area contributed by atoms with Gasteiger partial charge in [-0.05, 0) is 45.1 Å². The highest BCUT2D eigenvalue weighted by molar-refractivity contribution is 5.80. The maximum atomic E-state index is 5.78. The molecule has 1 atom stereocenters. The molecule has 2 fully saturated rings. The van der Waals surface area contributed by atoms with E-state index in [2.05, 4.69) is 56.9 Å². The van der Waals surface area contributed by atoms with Gasteiger partial charge in [0, 0.05) is 45.9 Å². The van der Waals surface area contributed by atoms with E-state index in [-0.39, 0.29) is 6.10 Å². The van der Waals surface area contributed by atoms with Crippen molar-refractivity contribution in [1.29, 1.82) is 0 Å². The summed E-state index contributed by atoms with van der Waals surface area (Å²) in [6, 6.07) is 9.25. The lowest BCUT2D eigenvalue weighted by Crippen LogP contribution is -2.49. The van der Waals surface area contributed by atoms with E-state index in [4.69, 9.17) is 9.73 Å². The number of guanidine groups is 1. The van der Waals surface area contributed by atoms with E-state index in [0.29, 0.717) is 12.6 Å². The minimum Gasteiger partial charge on any atom is -0.376 e.